The normalized spacial score (nSPS) is 23.7. The maximum atomic E-state index is 11.5. The summed E-state index contributed by atoms with van der Waals surface area (Å²) in [4.78, 5) is 11.5. The Morgan fingerprint density at radius 2 is 2.04 bits per heavy atom. The van der Waals surface area contributed by atoms with Gasteiger partial charge >= 0.3 is 5.97 Å². The number of carbonyl (C=O) groups excluding carboxylic acids is 1. The highest BCUT2D eigenvalue weighted by Gasteiger charge is 2.43. The predicted molar refractivity (Wildman–Crippen MR) is 91.7 cm³/mol. The Hall–Kier alpha value is -1.73. The molecule has 0 aromatic heterocycles. The van der Waals surface area contributed by atoms with Crippen molar-refractivity contribution in [1.29, 1.82) is 0 Å². The minimum absolute atomic E-state index is 0.0999. The lowest BCUT2D eigenvalue weighted by molar-refractivity contribution is -0.157. The molecule has 6 heteroatoms. The summed E-state index contributed by atoms with van der Waals surface area (Å²) in [5.74, 6) is -1.31. The van der Waals surface area contributed by atoms with Gasteiger partial charge in [-0.2, -0.15) is 0 Å². The van der Waals surface area contributed by atoms with E-state index in [4.69, 9.17) is 18.9 Å². The van der Waals surface area contributed by atoms with Gasteiger partial charge < -0.3 is 24.1 Å². The van der Waals surface area contributed by atoms with Gasteiger partial charge in [0.25, 0.3) is 0 Å². The number of aliphatic hydroxyl groups is 1. The fraction of sp³-hybridized carbons (Fsp3) is 0.526. The number of benzene rings is 1. The molecule has 0 radical (unpaired) electrons. The summed E-state index contributed by atoms with van der Waals surface area (Å²) in [6.45, 7) is 6.06. The molecule has 25 heavy (non-hydrogen) atoms. The molecule has 6 nitrogen and oxygen atoms in total. The maximum Gasteiger partial charge on any atom is 0.330 e. The van der Waals surface area contributed by atoms with E-state index in [1.54, 1.807) is 26.8 Å². The summed E-state index contributed by atoms with van der Waals surface area (Å²) in [5, 5.41) is 10.4. The molecule has 138 valence electrons. The van der Waals surface area contributed by atoms with Gasteiger partial charge in [0.2, 0.25) is 0 Å². The summed E-state index contributed by atoms with van der Waals surface area (Å²) < 4.78 is 21.9. The molecule has 0 unspecified atom stereocenters. The maximum absolute atomic E-state index is 11.5. The average molecular weight is 350 g/mol. The van der Waals surface area contributed by atoms with E-state index in [1.807, 2.05) is 30.3 Å². The van der Waals surface area contributed by atoms with Crippen LogP contribution in [0.3, 0.4) is 0 Å². The van der Waals surface area contributed by atoms with Crippen LogP contribution in [0, 0.1) is 0 Å². The quantitative estimate of drug-likeness (QED) is 0.572. The first-order chi connectivity index (χ1) is 11.9. The summed E-state index contributed by atoms with van der Waals surface area (Å²) in [5.41, 5.74) is 1.03. The standard InChI is InChI=1S/C19H26O6/c1-4-23-17(21)11-10-16-18(25-19(2,3)24-16)15(20)13-22-12-14-8-6-5-7-9-14/h5-11,15-16,18,20H,4,12-13H2,1-3H3/b11-10-/t15-,16-,18+/m0/s1. The Balaban J connectivity index is 1.90. The van der Waals surface area contributed by atoms with Crippen molar-refractivity contribution in [2.75, 3.05) is 13.2 Å². The lowest BCUT2D eigenvalue weighted by Crippen LogP contribution is -2.37. The molecular formula is C19H26O6. The molecule has 1 aliphatic rings. The number of ether oxygens (including phenoxy) is 4. The molecule has 1 saturated heterocycles. The van der Waals surface area contributed by atoms with Crippen molar-refractivity contribution >= 4 is 5.97 Å². The van der Waals surface area contributed by atoms with Crippen molar-refractivity contribution in [2.24, 2.45) is 0 Å². The summed E-state index contributed by atoms with van der Waals surface area (Å²) in [6, 6.07) is 9.71. The van der Waals surface area contributed by atoms with Crippen LogP contribution < -0.4 is 0 Å². The number of hydrogen-bond donors (Lipinski definition) is 1. The Bertz CT molecular complexity index is 569. The predicted octanol–water partition coefficient (Wildman–Crippen LogP) is 2.20. The van der Waals surface area contributed by atoms with Crippen LogP contribution in [-0.2, 0) is 30.3 Å². The van der Waals surface area contributed by atoms with E-state index in [-0.39, 0.29) is 6.61 Å². The van der Waals surface area contributed by atoms with Crippen LogP contribution in [0.4, 0.5) is 0 Å². The third kappa shape index (κ3) is 6.25. The molecule has 0 bridgehead atoms. The van der Waals surface area contributed by atoms with Crippen molar-refractivity contribution in [2.45, 2.75) is 51.5 Å². The number of carbonyl (C=O) groups is 1. The zero-order valence-electron chi connectivity index (χ0n) is 14.9. The van der Waals surface area contributed by atoms with Crippen molar-refractivity contribution in [1.82, 2.24) is 0 Å². The van der Waals surface area contributed by atoms with E-state index in [0.717, 1.165) is 5.56 Å². The first kappa shape index (κ1) is 19.6. The highest BCUT2D eigenvalue weighted by Crippen LogP contribution is 2.31. The molecule has 3 atom stereocenters. The molecule has 0 spiro atoms. The van der Waals surface area contributed by atoms with E-state index in [9.17, 15) is 9.90 Å². The van der Waals surface area contributed by atoms with Crippen molar-refractivity contribution in [3.8, 4) is 0 Å². The Kier molecular flexibility index (Phi) is 7.13. The number of esters is 1. The van der Waals surface area contributed by atoms with Crippen LogP contribution in [0.5, 0.6) is 0 Å². The lowest BCUT2D eigenvalue weighted by atomic mass is 10.1. The van der Waals surface area contributed by atoms with Gasteiger partial charge in [0.15, 0.2) is 5.79 Å². The molecule has 1 aromatic carbocycles. The molecule has 2 rings (SSSR count). The van der Waals surface area contributed by atoms with E-state index in [1.165, 1.54) is 6.08 Å². The van der Waals surface area contributed by atoms with Crippen molar-refractivity contribution < 1.29 is 28.8 Å². The lowest BCUT2D eigenvalue weighted by Gasteiger charge is -2.21. The van der Waals surface area contributed by atoms with Gasteiger partial charge in [0.1, 0.15) is 18.3 Å². The fourth-order valence-electron chi connectivity index (χ4n) is 2.59. The van der Waals surface area contributed by atoms with E-state index < -0.39 is 30.1 Å². The Morgan fingerprint density at radius 1 is 1.32 bits per heavy atom. The minimum atomic E-state index is -0.887. The molecular weight excluding hydrogens is 324 g/mol. The first-order valence-corrected chi connectivity index (χ1v) is 8.41. The second-order valence-corrected chi connectivity index (χ2v) is 6.24. The topological polar surface area (TPSA) is 74.2 Å². The van der Waals surface area contributed by atoms with Crippen LogP contribution in [0.1, 0.15) is 26.3 Å². The second kappa shape index (κ2) is 9.10. The van der Waals surface area contributed by atoms with Gasteiger partial charge in [-0.25, -0.2) is 4.79 Å². The minimum Gasteiger partial charge on any atom is -0.463 e. The van der Waals surface area contributed by atoms with Gasteiger partial charge in [0.05, 0.1) is 19.8 Å². The highest BCUT2D eigenvalue weighted by molar-refractivity contribution is 5.81. The summed E-state index contributed by atoms with van der Waals surface area (Å²) in [6.07, 6.45) is 0.773. The monoisotopic (exact) mass is 350 g/mol. The van der Waals surface area contributed by atoms with E-state index in [0.29, 0.717) is 13.2 Å². The van der Waals surface area contributed by atoms with Gasteiger partial charge in [-0.1, -0.05) is 30.3 Å². The van der Waals surface area contributed by atoms with E-state index >= 15 is 0 Å². The molecule has 1 fully saturated rings. The van der Waals surface area contributed by atoms with Gasteiger partial charge in [-0.3, -0.25) is 0 Å². The van der Waals surface area contributed by atoms with Gasteiger partial charge in [-0.15, -0.1) is 0 Å². The van der Waals surface area contributed by atoms with Gasteiger partial charge in [-0.05, 0) is 32.4 Å². The molecule has 1 N–H and O–H groups in total. The zero-order valence-corrected chi connectivity index (χ0v) is 14.9. The molecule has 1 heterocycles. The van der Waals surface area contributed by atoms with Crippen LogP contribution in [0.25, 0.3) is 0 Å². The van der Waals surface area contributed by atoms with Crippen LogP contribution in [-0.4, -0.2) is 48.4 Å². The number of rotatable bonds is 8. The van der Waals surface area contributed by atoms with Crippen LogP contribution in [0.2, 0.25) is 0 Å². The van der Waals surface area contributed by atoms with E-state index in [2.05, 4.69) is 0 Å². The number of aliphatic hydroxyl groups excluding tert-OH is 1. The van der Waals surface area contributed by atoms with Crippen molar-refractivity contribution in [3.63, 3.8) is 0 Å². The molecule has 1 aromatic rings. The summed E-state index contributed by atoms with van der Waals surface area (Å²) in [7, 11) is 0. The zero-order chi connectivity index (χ0) is 18.3. The van der Waals surface area contributed by atoms with Crippen molar-refractivity contribution in [3.05, 3.63) is 48.0 Å². The molecule has 0 aliphatic carbocycles. The highest BCUT2D eigenvalue weighted by atomic mass is 16.8. The van der Waals surface area contributed by atoms with Crippen LogP contribution >= 0.6 is 0 Å². The third-order valence-electron chi connectivity index (χ3n) is 3.65. The smallest absolute Gasteiger partial charge is 0.330 e. The largest absolute Gasteiger partial charge is 0.463 e. The fourth-order valence-corrected chi connectivity index (χ4v) is 2.59. The second-order valence-electron chi connectivity index (χ2n) is 6.24. The molecule has 0 saturated carbocycles. The number of hydrogen-bond acceptors (Lipinski definition) is 6. The van der Waals surface area contributed by atoms with Crippen LogP contribution in [0.15, 0.2) is 42.5 Å². The molecule has 1 aliphatic heterocycles. The Morgan fingerprint density at radius 3 is 2.72 bits per heavy atom. The average Bonchev–Trinajstić information content (AvgIpc) is 2.89. The third-order valence-corrected chi connectivity index (χ3v) is 3.65. The van der Waals surface area contributed by atoms with Gasteiger partial charge in [0, 0.05) is 6.08 Å². The Labute approximate surface area is 148 Å². The molecule has 0 amide bonds. The SMILES string of the molecule is CCOC(=O)/C=C\[C@@H]1OC(C)(C)O[C@@H]1[C@@H](O)COCc1ccccc1. The first-order valence-electron chi connectivity index (χ1n) is 8.41. The summed E-state index contributed by atoms with van der Waals surface area (Å²) >= 11 is 0.